The van der Waals surface area contributed by atoms with E-state index in [9.17, 15) is 0 Å². The summed E-state index contributed by atoms with van der Waals surface area (Å²) in [6.07, 6.45) is 1.10. The first-order chi connectivity index (χ1) is 5.68. The van der Waals surface area contributed by atoms with Crippen molar-refractivity contribution in [2.24, 2.45) is 0 Å². The van der Waals surface area contributed by atoms with E-state index < -0.39 is 8.08 Å². The van der Waals surface area contributed by atoms with Crippen LogP contribution in [0, 0.1) is 0 Å². The van der Waals surface area contributed by atoms with Crippen molar-refractivity contribution in [3.8, 4) is 0 Å². The largest absolute Gasteiger partial charge is 0.397 e. The van der Waals surface area contributed by atoms with E-state index in [1.807, 2.05) is 23.6 Å². The molecular weight excluding hydrogens is 204 g/mol. The van der Waals surface area contributed by atoms with Gasteiger partial charge < -0.3 is 8.85 Å². The van der Waals surface area contributed by atoms with E-state index in [-0.39, 0.29) is 0 Å². The molecular formula is C7H19O2SSi2. The Labute approximate surface area is 84.9 Å². The highest BCUT2D eigenvalue weighted by molar-refractivity contribution is 7.80. The lowest BCUT2D eigenvalue weighted by Gasteiger charge is -2.25. The van der Waals surface area contributed by atoms with E-state index in [4.69, 9.17) is 8.85 Å². The third kappa shape index (κ3) is 5.37. The molecule has 2 nitrogen and oxygen atoms in total. The van der Waals surface area contributed by atoms with E-state index in [1.165, 1.54) is 0 Å². The molecule has 73 valence electrons. The van der Waals surface area contributed by atoms with Crippen LogP contribution in [0.1, 0.15) is 20.3 Å². The molecule has 0 aromatic heterocycles. The molecule has 0 aliphatic rings. The summed E-state index contributed by atoms with van der Waals surface area (Å²) in [5, 5.41) is 0. The molecule has 0 aliphatic carbocycles. The molecule has 0 saturated heterocycles. The molecule has 5 heteroatoms. The maximum Gasteiger partial charge on any atom is 0.305 e. The Bertz CT molecular complexity index is 108. The monoisotopic (exact) mass is 223 g/mol. The molecule has 0 heterocycles. The van der Waals surface area contributed by atoms with Crippen LogP contribution in [-0.4, -0.2) is 36.8 Å². The first kappa shape index (κ1) is 12.7. The van der Waals surface area contributed by atoms with Crippen molar-refractivity contribution in [2.45, 2.75) is 26.3 Å². The van der Waals surface area contributed by atoms with Crippen molar-refractivity contribution in [3.05, 3.63) is 0 Å². The molecule has 0 bridgehead atoms. The van der Waals surface area contributed by atoms with Gasteiger partial charge in [0.1, 0.15) is 0 Å². The number of rotatable bonds is 7. The van der Waals surface area contributed by atoms with Crippen LogP contribution < -0.4 is 0 Å². The lowest BCUT2D eigenvalue weighted by molar-refractivity contribution is 0.202. The third-order valence-electron chi connectivity index (χ3n) is 1.53. The number of hydrogen-bond acceptors (Lipinski definition) is 3. The Morgan fingerprint density at radius 2 is 1.75 bits per heavy atom. The molecule has 0 aliphatic heterocycles. The minimum atomic E-state index is -1.79. The van der Waals surface area contributed by atoms with E-state index in [0.717, 1.165) is 31.4 Å². The molecule has 0 N–H and O–H groups in total. The second-order valence-corrected chi connectivity index (χ2v) is 9.18. The van der Waals surface area contributed by atoms with Gasteiger partial charge in [-0.2, -0.15) is 12.6 Å². The first-order valence-corrected chi connectivity index (χ1v) is 9.41. The fourth-order valence-corrected chi connectivity index (χ4v) is 5.63. The van der Waals surface area contributed by atoms with Crippen LogP contribution in [0.4, 0.5) is 0 Å². The molecule has 0 aromatic carbocycles. The minimum Gasteiger partial charge on any atom is -0.397 e. The summed E-state index contributed by atoms with van der Waals surface area (Å²) in [7, 11) is 0.124. The average molecular weight is 223 g/mol. The fraction of sp³-hybridized carbons (Fsp3) is 1.00. The molecule has 0 fully saturated rings. The summed E-state index contributed by atoms with van der Waals surface area (Å²) in [5.41, 5.74) is 0. The van der Waals surface area contributed by atoms with Gasteiger partial charge >= 0.3 is 8.08 Å². The summed E-state index contributed by atoms with van der Waals surface area (Å²) in [5.74, 6) is 0.924. The summed E-state index contributed by atoms with van der Waals surface area (Å²) < 4.78 is 11.3. The highest BCUT2D eigenvalue weighted by atomic mass is 32.1. The fourth-order valence-electron chi connectivity index (χ4n) is 1.06. The van der Waals surface area contributed by atoms with Crippen molar-refractivity contribution in [2.75, 3.05) is 19.0 Å². The Morgan fingerprint density at radius 1 is 1.25 bits per heavy atom. The highest BCUT2D eigenvalue weighted by Gasteiger charge is 2.28. The Morgan fingerprint density at radius 3 is 2.08 bits per heavy atom. The molecule has 12 heavy (non-hydrogen) atoms. The van der Waals surface area contributed by atoms with Crippen LogP contribution >= 0.6 is 12.6 Å². The van der Waals surface area contributed by atoms with Gasteiger partial charge in [-0.25, -0.2) is 0 Å². The van der Waals surface area contributed by atoms with Crippen molar-refractivity contribution >= 4 is 30.5 Å². The quantitative estimate of drug-likeness (QED) is 0.512. The minimum absolute atomic E-state index is 0.766. The molecule has 0 aromatic rings. The zero-order chi connectivity index (χ0) is 9.45. The summed E-state index contributed by atoms with van der Waals surface area (Å²) in [6, 6.07) is 1.07. The smallest absolute Gasteiger partial charge is 0.305 e. The Hall–Kier alpha value is 0.704. The van der Waals surface area contributed by atoms with Crippen LogP contribution in [0.25, 0.3) is 0 Å². The lowest BCUT2D eigenvalue weighted by atomic mass is 10.6. The first-order valence-electron chi connectivity index (χ1n) is 4.42. The van der Waals surface area contributed by atoms with Gasteiger partial charge in [0.15, 0.2) is 0 Å². The van der Waals surface area contributed by atoms with Crippen LogP contribution in [0.3, 0.4) is 0 Å². The summed E-state index contributed by atoms with van der Waals surface area (Å²) >= 11 is 4.18. The topological polar surface area (TPSA) is 18.5 Å². The predicted octanol–water partition coefficient (Wildman–Crippen LogP) is 0.951. The van der Waals surface area contributed by atoms with Crippen LogP contribution in [0.15, 0.2) is 0 Å². The molecule has 0 saturated carbocycles. The van der Waals surface area contributed by atoms with Crippen LogP contribution in [-0.2, 0) is 8.85 Å². The maximum atomic E-state index is 5.67. The van der Waals surface area contributed by atoms with Crippen molar-refractivity contribution in [1.29, 1.82) is 0 Å². The van der Waals surface area contributed by atoms with Crippen molar-refractivity contribution in [1.82, 2.24) is 0 Å². The van der Waals surface area contributed by atoms with Gasteiger partial charge in [-0.3, -0.25) is 0 Å². The predicted molar refractivity (Wildman–Crippen MR) is 60.8 cm³/mol. The molecule has 0 atom stereocenters. The van der Waals surface area contributed by atoms with Crippen LogP contribution in [0.2, 0.25) is 6.04 Å². The second-order valence-electron chi connectivity index (χ2n) is 2.60. The summed E-state index contributed by atoms with van der Waals surface area (Å²) in [4.78, 5) is 0. The standard InChI is InChI=1S/C7H19O2SSi2/c1-3-8-12(11,9-4-2)7-5-6-10/h10H,3-7,11H2,1-2H3. The van der Waals surface area contributed by atoms with E-state index in [0.29, 0.717) is 0 Å². The van der Waals surface area contributed by atoms with E-state index in [2.05, 4.69) is 12.6 Å². The van der Waals surface area contributed by atoms with Crippen molar-refractivity contribution in [3.63, 3.8) is 0 Å². The van der Waals surface area contributed by atoms with Gasteiger partial charge in [0.2, 0.25) is 0 Å². The molecule has 1 radical (unpaired) electrons. The summed E-state index contributed by atoms with van der Waals surface area (Å²) in [6.45, 7) is 5.58. The van der Waals surface area contributed by atoms with E-state index >= 15 is 0 Å². The third-order valence-corrected chi connectivity index (χ3v) is 6.88. The van der Waals surface area contributed by atoms with Gasteiger partial charge in [-0.15, -0.1) is 0 Å². The lowest BCUT2D eigenvalue weighted by Crippen LogP contribution is -2.43. The number of hydrogen-bond donors (Lipinski definition) is 1. The van der Waals surface area contributed by atoms with Crippen molar-refractivity contribution < 1.29 is 8.85 Å². The van der Waals surface area contributed by atoms with Gasteiger partial charge in [0, 0.05) is 13.2 Å². The zero-order valence-electron chi connectivity index (χ0n) is 8.01. The maximum absolute atomic E-state index is 5.67. The molecule has 0 unspecified atom stereocenters. The van der Waals surface area contributed by atoms with Crippen LogP contribution in [0.5, 0.6) is 0 Å². The molecule has 0 spiro atoms. The Balaban J connectivity index is 3.80. The van der Waals surface area contributed by atoms with E-state index in [1.54, 1.807) is 0 Å². The second kappa shape index (κ2) is 7.14. The average Bonchev–Trinajstić information content (AvgIpc) is 2.02. The van der Waals surface area contributed by atoms with Gasteiger partial charge in [-0.1, -0.05) is 0 Å². The van der Waals surface area contributed by atoms with Gasteiger partial charge in [0.05, 0.1) is 9.76 Å². The zero-order valence-corrected chi connectivity index (χ0v) is 11.3. The Kier molecular flexibility index (Phi) is 7.56. The number of thiol groups is 1. The molecule has 0 amide bonds. The highest BCUT2D eigenvalue weighted by Crippen LogP contribution is 2.12. The molecule has 0 rings (SSSR count). The van der Waals surface area contributed by atoms with Gasteiger partial charge in [0.25, 0.3) is 0 Å². The SMILES string of the molecule is CCO[Si]([SiH2])(CCCS)OCC. The van der Waals surface area contributed by atoms with Gasteiger partial charge in [-0.05, 0) is 32.1 Å². The normalized spacial score (nSPS) is 12.0.